The molecule has 3 atom stereocenters. The molecule has 2 rings (SSSR count). The second kappa shape index (κ2) is 5.83. The Morgan fingerprint density at radius 3 is 2.73 bits per heavy atom. The molecular weight excluding hydrogens is 188 g/mol. The van der Waals surface area contributed by atoms with E-state index in [1.807, 2.05) is 0 Å². The smallest absolute Gasteiger partial charge is 0.0580 e. The van der Waals surface area contributed by atoms with Gasteiger partial charge in [0, 0.05) is 19.1 Å². The lowest BCUT2D eigenvalue weighted by molar-refractivity contribution is 0.0676. The minimum Gasteiger partial charge on any atom is -0.393 e. The van der Waals surface area contributed by atoms with Crippen molar-refractivity contribution in [2.75, 3.05) is 19.6 Å². The molecule has 1 aliphatic carbocycles. The third-order valence-corrected chi connectivity index (χ3v) is 3.83. The number of piperidine rings is 1. The van der Waals surface area contributed by atoms with Crippen molar-refractivity contribution in [2.45, 2.75) is 50.7 Å². The van der Waals surface area contributed by atoms with E-state index in [0.29, 0.717) is 12.0 Å². The van der Waals surface area contributed by atoms with Gasteiger partial charge in [0.25, 0.3) is 0 Å². The van der Waals surface area contributed by atoms with E-state index in [1.54, 1.807) is 0 Å². The monoisotopic (exact) mass is 212 g/mol. The zero-order chi connectivity index (χ0) is 10.5. The molecule has 15 heavy (non-hydrogen) atoms. The predicted octanol–water partition coefficient (Wildman–Crippen LogP) is 0.879. The Labute approximate surface area is 92.6 Å². The molecule has 1 aliphatic heterocycles. The quantitative estimate of drug-likeness (QED) is 0.651. The molecule has 2 aliphatic rings. The Balaban J connectivity index is 1.67. The van der Waals surface area contributed by atoms with Crippen molar-refractivity contribution >= 4 is 0 Å². The van der Waals surface area contributed by atoms with Gasteiger partial charge in [-0.3, -0.25) is 0 Å². The summed E-state index contributed by atoms with van der Waals surface area (Å²) in [5, 5.41) is 16.9. The van der Waals surface area contributed by atoms with E-state index in [1.165, 1.54) is 38.6 Å². The van der Waals surface area contributed by atoms with Crippen LogP contribution in [0.5, 0.6) is 0 Å². The van der Waals surface area contributed by atoms with E-state index < -0.39 is 0 Å². The lowest BCUT2D eigenvalue weighted by Gasteiger charge is -2.31. The third-order valence-electron chi connectivity index (χ3n) is 3.83. The lowest BCUT2D eigenvalue weighted by atomic mass is 9.86. The van der Waals surface area contributed by atoms with E-state index in [-0.39, 0.29) is 6.10 Å². The van der Waals surface area contributed by atoms with E-state index in [0.717, 1.165) is 19.5 Å². The van der Waals surface area contributed by atoms with Gasteiger partial charge in [-0.1, -0.05) is 12.8 Å². The van der Waals surface area contributed by atoms with Crippen molar-refractivity contribution in [1.82, 2.24) is 10.6 Å². The summed E-state index contributed by atoms with van der Waals surface area (Å²) in [7, 11) is 0. The van der Waals surface area contributed by atoms with Crippen molar-refractivity contribution < 1.29 is 5.11 Å². The topological polar surface area (TPSA) is 44.3 Å². The van der Waals surface area contributed by atoms with Crippen LogP contribution in [0, 0.1) is 5.92 Å². The Morgan fingerprint density at radius 2 is 2.00 bits per heavy atom. The molecule has 0 amide bonds. The molecule has 3 nitrogen and oxygen atoms in total. The second-order valence-corrected chi connectivity index (χ2v) is 5.06. The largest absolute Gasteiger partial charge is 0.393 e. The van der Waals surface area contributed by atoms with Crippen LogP contribution in [0.25, 0.3) is 0 Å². The molecule has 3 unspecified atom stereocenters. The molecule has 0 aromatic heterocycles. The molecule has 0 bridgehead atoms. The van der Waals surface area contributed by atoms with Gasteiger partial charge in [-0.2, -0.15) is 0 Å². The SMILES string of the molecule is OC1CCCCC1CNC1CCCNC1. The van der Waals surface area contributed by atoms with Gasteiger partial charge in [0.2, 0.25) is 0 Å². The molecule has 88 valence electrons. The Morgan fingerprint density at radius 1 is 1.13 bits per heavy atom. The summed E-state index contributed by atoms with van der Waals surface area (Å²) in [6, 6.07) is 0.632. The highest BCUT2D eigenvalue weighted by atomic mass is 16.3. The van der Waals surface area contributed by atoms with E-state index in [9.17, 15) is 5.11 Å². The fraction of sp³-hybridized carbons (Fsp3) is 1.00. The highest BCUT2D eigenvalue weighted by Gasteiger charge is 2.23. The molecule has 1 saturated heterocycles. The van der Waals surface area contributed by atoms with E-state index in [4.69, 9.17) is 0 Å². The zero-order valence-electron chi connectivity index (χ0n) is 9.54. The Hall–Kier alpha value is -0.120. The summed E-state index contributed by atoms with van der Waals surface area (Å²) in [5.41, 5.74) is 0. The maximum atomic E-state index is 9.84. The van der Waals surface area contributed by atoms with Gasteiger partial charge in [0.15, 0.2) is 0 Å². The van der Waals surface area contributed by atoms with Crippen LogP contribution in [-0.2, 0) is 0 Å². The molecule has 2 fully saturated rings. The van der Waals surface area contributed by atoms with Crippen LogP contribution in [0.1, 0.15) is 38.5 Å². The van der Waals surface area contributed by atoms with Crippen LogP contribution < -0.4 is 10.6 Å². The molecule has 0 aromatic carbocycles. The number of hydrogen-bond acceptors (Lipinski definition) is 3. The number of rotatable bonds is 3. The molecule has 0 aromatic rings. The molecule has 0 spiro atoms. The van der Waals surface area contributed by atoms with Crippen LogP contribution in [-0.4, -0.2) is 36.9 Å². The van der Waals surface area contributed by atoms with Crippen molar-refractivity contribution in [2.24, 2.45) is 5.92 Å². The average molecular weight is 212 g/mol. The number of nitrogens with one attached hydrogen (secondary N) is 2. The maximum absolute atomic E-state index is 9.84. The summed E-state index contributed by atoms with van der Waals surface area (Å²) in [5.74, 6) is 0.501. The van der Waals surface area contributed by atoms with Gasteiger partial charge in [0.1, 0.15) is 0 Å². The fourth-order valence-electron chi connectivity index (χ4n) is 2.77. The summed E-state index contributed by atoms with van der Waals surface area (Å²) in [6.45, 7) is 3.28. The predicted molar refractivity (Wildman–Crippen MR) is 61.9 cm³/mol. The van der Waals surface area contributed by atoms with Crippen LogP contribution in [0.3, 0.4) is 0 Å². The molecule has 3 N–H and O–H groups in total. The minimum absolute atomic E-state index is 0.0530. The van der Waals surface area contributed by atoms with Crippen LogP contribution in [0.4, 0.5) is 0 Å². The molecule has 0 radical (unpaired) electrons. The van der Waals surface area contributed by atoms with Crippen LogP contribution in [0.15, 0.2) is 0 Å². The normalized spacial score (nSPS) is 37.8. The first kappa shape index (κ1) is 11.4. The molecule has 1 heterocycles. The standard InChI is InChI=1S/C12H24N2O/c15-12-6-2-1-4-10(12)8-14-11-5-3-7-13-9-11/h10-15H,1-9H2. The number of aliphatic hydroxyl groups excluding tert-OH is 1. The van der Waals surface area contributed by atoms with Crippen molar-refractivity contribution in [3.63, 3.8) is 0 Å². The third kappa shape index (κ3) is 3.44. The minimum atomic E-state index is -0.0530. The van der Waals surface area contributed by atoms with Gasteiger partial charge in [-0.25, -0.2) is 0 Å². The number of aliphatic hydroxyl groups is 1. The van der Waals surface area contributed by atoms with Crippen LogP contribution >= 0.6 is 0 Å². The molecule has 3 heteroatoms. The first-order valence-corrected chi connectivity index (χ1v) is 6.48. The van der Waals surface area contributed by atoms with Crippen molar-refractivity contribution in [3.05, 3.63) is 0 Å². The van der Waals surface area contributed by atoms with E-state index >= 15 is 0 Å². The summed E-state index contributed by atoms with van der Waals surface area (Å²) in [6.07, 6.45) is 7.24. The summed E-state index contributed by atoms with van der Waals surface area (Å²) in [4.78, 5) is 0. The Kier molecular flexibility index (Phi) is 4.42. The zero-order valence-corrected chi connectivity index (χ0v) is 9.54. The van der Waals surface area contributed by atoms with Gasteiger partial charge < -0.3 is 15.7 Å². The van der Waals surface area contributed by atoms with Gasteiger partial charge in [-0.05, 0) is 38.1 Å². The van der Waals surface area contributed by atoms with Crippen molar-refractivity contribution in [3.8, 4) is 0 Å². The first-order chi connectivity index (χ1) is 7.36. The van der Waals surface area contributed by atoms with Gasteiger partial charge >= 0.3 is 0 Å². The summed E-state index contributed by atoms with van der Waals surface area (Å²) >= 11 is 0. The van der Waals surface area contributed by atoms with E-state index in [2.05, 4.69) is 10.6 Å². The van der Waals surface area contributed by atoms with Crippen LogP contribution in [0.2, 0.25) is 0 Å². The fourth-order valence-corrected chi connectivity index (χ4v) is 2.77. The highest BCUT2D eigenvalue weighted by Crippen LogP contribution is 2.23. The second-order valence-electron chi connectivity index (χ2n) is 5.06. The van der Waals surface area contributed by atoms with Gasteiger partial charge in [-0.15, -0.1) is 0 Å². The average Bonchev–Trinajstić information content (AvgIpc) is 2.29. The molecule has 1 saturated carbocycles. The lowest BCUT2D eigenvalue weighted by Crippen LogP contribution is -2.46. The maximum Gasteiger partial charge on any atom is 0.0580 e. The first-order valence-electron chi connectivity index (χ1n) is 6.48. The highest BCUT2D eigenvalue weighted by molar-refractivity contribution is 4.80. The van der Waals surface area contributed by atoms with Gasteiger partial charge in [0.05, 0.1) is 6.10 Å². The summed E-state index contributed by atoms with van der Waals surface area (Å²) < 4.78 is 0. The Bertz CT molecular complexity index is 180. The number of hydrogen-bond donors (Lipinski definition) is 3. The molecular formula is C12H24N2O. The van der Waals surface area contributed by atoms with Crippen molar-refractivity contribution in [1.29, 1.82) is 0 Å².